The largest absolute Gasteiger partial charge is 0.380 e. The second-order valence-electron chi connectivity index (χ2n) is 3.29. The van der Waals surface area contributed by atoms with Crippen LogP contribution in [0.4, 0.5) is 0 Å². The molecule has 4 nitrogen and oxygen atoms in total. The van der Waals surface area contributed by atoms with Gasteiger partial charge in [0.05, 0.1) is 12.1 Å². The molecule has 0 bridgehead atoms. The van der Waals surface area contributed by atoms with Crippen molar-refractivity contribution in [1.82, 2.24) is 10.2 Å². The number of likely N-dealkylation sites (N-methyl/N-ethyl adjacent to an activating group) is 1. The highest BCUT2D eigenvalue weighted by Gasteiger charge is 2.29. The first-order chi connectivity index (χ1) is 5.65. The van der Waals surface area contributed by atoms with Crippen molar-refractivity contribution in [2.75, 3.05) is 27.7 Å². The molecule has 0 saturated carbocycles. The SMILES string of the molecule is CO[C@@H]1CN[C@@H](C(=O)N(C)C)C1. The first-order valence-electron chi connectivity index (χ1n) is 4.12. The molecular formula is C8H16N2O2. The summed E-state index contributed by atoms with van der Waals surface area (Å²) in [5.74, 6) is 0.134. The number of carbonyl (C=O) groups excluding carboxylic acids is 1. The van der Waals surface area contributed by atoms with Crippen molar-refractivity contribution < 1.29 is 9.53 Å². The van der Waals surface area contributed by atoms with E-state index in [1.807, 2.05) is 0 Å². The van der Waals surface area contributed by atoms with E-state index in [-0.39, 0.29) is 18.1 Å². The number of rotatable bonds is 2. The number of methoxy groups -OCH3 is 1. The predicted molar refractivity (Wildman–Crippen MR) is 45.9 cm³/mol. The van der Waals surface area contributed by atoms with Gasteiger partial charge in [0.25, 0.3) is 0 Å². The Hall–Kier alpha value is -0.610. The molecule has 1 aliphatic rings. The van der Waals surface area contributed by atoms with Crippen LogP contribution in [0.1, 0.15) is 6.42 Å². The molecule has 1 fully saturated rings. The second-order valence-corrected chi connectivity index (χ2v) is 3.29. The molecule has 1 rings (SSSR count). The smallest absolute Gasteiger partial charge is 0.239 e. The molecule has 1 aliphatic heterocycles. The van der Waals surface area contributed by atoms with Crippen LogP contribution in [0.2, 0.25) is 0 Å². The van der Waals surface area contributed by atoms with Gasteiger partial charge in [-0.05, 0) is 6.42 Å². The molecule has 4 heteroatoms. The molecule has 0 aromatic heterocycles. The van der Waals surface area contributed by atoms with Crippen LogP contribution in [0.5, 0.6) is 0 Å². The molecule has 1 N–H and O–H groups in total. The summed E-state index contributed by atoms with van der Waals surface area (Å²) in [6.45, 7) is 0.779. The summed E-state index contributed by atoms with van der Waals surface area (Å²) >= 11 is 0. The van der Waals surface area contributed by atoms with Gasteiger partial charge >= 0.3 is 0 Å². The first-order valence-corrected chi connectivity index (χ1v) is 4.12. The number of amides is 1. The van der Waals surface area contributed by atoms with Crippen LogP contribution in [0, 0.1) is 0 Å². The van der Waals surface area contributed by atoms with Gasteiger partial charge in [-0.2, -0.15) is 0 Å². The number of carbonyl (C=O) groups is 1. The maximum absolute atomic E-state index is 11.4. The lowest BCUT2D eigenvalue weighted by atomic mass is 10.2. The van der Waals surface area contributed by atoms with Gasteiger partial charge in [0.15, 0.2) is 0 Å². The Kier molecular flexibility index (Phi) is 3.05. The van der Waals surface area contributed by atoms with Crippen molar-refractivity contribution in [3.63, 3.8) is 0 Å². The average Bonchev–Trinajstić information content (AvgIpc) is 2.50. The van der Waals surface area contributed by atoms with E-state index in [1.165, 1.54) is 0 Å². The Balaban J connectivity index is 2.41. The van der Waals surface area contributed by atoms with Crippen LogP contribution >= 0.6 is 0 Å². The van der Waals surface area contributed by atoms with Crippen LogP contribution in [-0.2, 0) is 9.53 Å². The van der Waals surface area contributed by atoms with E-state index in [0.29, 0.717) is 0 Å². The average molecular weight is 172 g/mol. The molecule has 0 aromatic rings. The fraction of sp³-hybridized carbons (Fsp3) is 0.875. The summed E-state index contributed by atoms with van der Waals surface area (Å²) in [4.78, 5) is 13.0. The molecule has 0 radical (unpaired) electrons. The maximum Gasteiger partial charge on any atom is 0.239 e. The third-order valence-corrected chi connectivity index (χ3v) is 2.16. The predicted octanol–water partition coefficient (Wildman–Crippen LogP) is -0.548. The molecule has 0 spiro atoms. The zero-order chi connectivity index (χ0) is 9.14. The summed E-state index contributed by atoms with van der Waals surface area (Å²) in [5.41, 5.74) is 0. The Morgan fingerprint density at radius 2 is 2.25 bits per heavy atom. The van der Waals surface area contributed by atoms with Crippen LogP contribution in [0.25, 0.3) is 0 Å². The number of hydrogen-bond donors (Lipinski definition) is 1. The van der Waals surface area contributed by atoms with E-state index < -0.39 is 0 Å². The highest BCUT2D eigenvalue weighted by molar-refractivity contribution is 5.81. The van der Waals surface area contributed by atoms with E-state index in [4.69, 9.17) is 4.74 Å². The minimum absolute atomic E-state index is 0.0510. The lowest BCUT2D eigenvalue weighted by molar-refractivity contribution is -0.130. The monoisotopic (exact) mass is 172 g/mol. The van der Waals surface area contributed by atoms with Crippen LogP contribution in [0.3, 0.4) is 0 Å². The molecule has 2 atom stereocenters. The van der Waals surface area contributed by atoms with Gasteiger partial charge in [-0.3, -0.25) is 4.79 Å². The van der Waals surface area contributed by atoms with Crippen molar-refractivity contribution in [3.8, 4) is 0 Å². The topological polar surface area (TPSA) is 41.6 Å². The van der Waals surface area contributed by atoms with Gasteiger partial charge in [-0.1, -0.05) is 0 Å². The summed E-state index contributed by atoms with van der Waals surface area (Å²) in [6, 6.07) is -0.0510. The minimum atomic E-state index is -0.0510. The lowest BCUT2D eigenvalue weighted by Gasteiger charge is -2.15. The molecule has 1 saturated heterocycles. The Labute approximate surface area is 72.9 Å². The van der Waals surface area contributed by atoms with Crippen molar-refractivity contribution in [2.45, 2.75) is 18.6 Å². The van der Waals surface area contributed by atoms with Crippen molar-refractivity contribution >= 4 is 5.91 Å². The number of hydrogen-bond acceptors (Lipinski definition) is 3. The summed E-state index contributed by atoms with van der Waals surface area (Å²) < 4.78 is 5.14. The molecule has 0 unspecified atom stereocenters. The molecular weight excluding hydrogens is 156 g/mol. The third kappa shape index (κ3) is 1.95. The third-order valence-electron chi connectivity index (χ3n) is 2.16. The van der Waals surface area contributed by atoms with Gasteiger partial charge in [0.2, 0.25) is 5.91 Å². The van der Waals surface area contributed by atoms with E-state index in [2.05, 4.69) is 5.32 Å². The first kappa shape index (κ1) is 9.48. The Bertz CT molecular complexity index is 170. The van der Waals surface area contributed by atoms with Gasteiger partial charge in [-0.25, -0.2) is 0 Å². The minimum Gasteiger partial charge on any atom is -0.380 e. The van der Waals surface area contributed by atoms with Crippen molar-refractivity contribution in [3.05, 3.63) is 0 Å². The zero-order valence-electron chi connectivity index (χ0n) is 7.83. The van der Waals surface area contributed by atoms with E-state index >= 15 is 0 Å². The fourth-order valence-electron chi connectivity index (χ4n) is 1.38. The van der Waals surface area contributed by atoms with E-state index in [1.54, 1.807) is 26.1 Å². The molecule has 1 amide bonds. The Morgan fingerprint density at radius 3 is 2.67 bits per heavy atom. The summed E-state index contributed by atoms with van der Waals surface area (Å²) in [6.07, 6.45) is 0.979. The number of nitrogens with one attached hydrogen (secondary N) is 1. The molecule has 1 heterocycles. The lowest BCUT2D eigenvalue weighted by Crippen LogP contribution is -2.39. The highest BCUT2D eigenvalue weighted by Crippen LogP contribution is 2.10. The molecule has 70 valence electrons. The van der Waals surface area contributed by atoms with Gasteiger partial charge in [-0.15, -0.1) is 0 Å². The quantitative estimate of drug-likeness (QED) is 0.607. The standard InChI is InChI=1S/C8H16N2O2/c1-10(2)8(11)7-4-6(12-3)5-9-7/h6-7,9H,4-5H2,1-3H3/t6-,7+/m0/s1. The highest BCUT2D eigenvalue weighted by atomic mass is 16.5. The Morgan fingerprint density at radius 1 is 1.58 bits per heavy atom. The number of ether oxygens (including phenoxy) is 1. The van der Waals surface area contributed by atoms with Crippen molar-refractivity contribution in [1.29, 1.82) is 0 Å². The van der Waals surface area contributed by atoms with E-state index in [9.17, 15) is 4.79 Å². The van der Waals surface area contributed by atoms with Crippen LogP contribution in [0.15, 0.2) is 0 Å². The fourth-order valence-corrected chi connectivity index (χ4v) is 1.38. The summed E-state index contributed by atoms with van der Waals surface area (Å²) in [7, 11) is 5.21. The second kappa shape index (κ2) is 3.87. The molecule has 12 heavy (non-hydrogen) atoms. The van der Waals surface area contributed by atoms with Crippen molar-refractivity contribution in [2.24, 2.45) is 0 Å². The van der Waals surface area contributed by atoms with E-state index in [0.717, 1.165) is 13.0 Å². The van der Waals surface area contributed by atoms with Gasteiger partial charge < -0.3 is 15.0 Å². The summed E-state index contributed by atoms with van der Waals surface area (Å²) in [5, 5.41) is 3.12. The maximum atomic E-state index is 11.4. The van der Waals surface area contributed by atoms with Gasteiger partial charge in [0.1, 0.15) is 0 Å². The van der Waals surface area contributed by atoms with Crippen LogP contribution in [-0.4, -0.2) is 50.7 Å². The zero-order valence-corrected chi connectivity index (χ0v) is 7.83. The normalized spacial score (nSPS) is 28.9. The molecule has 0 aromatic carbocycles. The van der Waals surface area contributed by atoms with Gasteiger partial charge in [0, 0.05) is 27.7 Å². The molecule has 0 aliphatic carbocycles. The number of nitrogens with zero attached hydrogens (tertiary/aromatic N) is 1. The van der Waals surface area contributed by atoms with Crippen LogP contribution < -0.4 is 5.32 Å².